The second-order valence-corrected chi connectivity index (χ2v) is 7.17. The number of rotatable bonds is 7. The van der Waals surface area contributed by atoms with Crippen LogP contribution in [0.15, 0.2) is 52.9 Å². The summed E-state index contributed by atoms with van der Waals surface area (Å²) in [6.45, 7) is 0.297. The highest BCUT2D eigenvalue weighted by Gasteiger charge is 2.33. The van der Waals surface area contributed by atoms with Crippen molar-refractivity contribution >= 4 is 17.5 Å². The van der Waals surface area contributed by atoms with Crippen LogP contribution in [-0.2, 0) is 17.8 Å². The molecular weight excluding hydrogens is 378 g/mol. The predicted octanol–water partition coefficient (Wildman–Crippen LogP) is 4.13. The molecule has 1 aromatic heterocycles. The highest BCUT2D eigenvalue weighted by molar-refractivity contribution is 6.33. The molecular formula is C21H20ClN3O3. The van der Waals surface area contributed by atoms with Gasteiger partial charge < -0.3 is 14.1 Å². The maximum absolute atomic E-state index is 12.9. The number of hydrogen-bond acceptors (Lipinski definition) is 5. The van der Waals surface area contributed by atoms with Gasteiger partial charge in [0.15, 0.2) is 0 Å². The minimum atomic E-state index is 0.0354. The number of methoxy groups -OCH3 is 1. The lowest BCUT2D eigenvalue weighted by Crippen LogP contribution is -2.34. The van der Waals surface area contributed by atoms with E-state index in [4.69, 9.17) is 20.8 Å². The minimum Gasteiger partial charge on any atom is -0.497 e. The van der Waals surface area contributed by atoms with E-state index in [0.29, 0.717) is 35.3 Å². The molecule has 6 nitrogen and oxygen atoms in total. The van der Waals surface area contributed by atoms with Crippen LogP contribution >= 0.6 is 11.6 Å². The summed E-state index contributed by atoms with van der Waals surface area (Å²) in [5, 5.41) is 8.75. The van der Waals surface area contributed by atoms with E-state index in [1.165, 1.54) is 0 Å². The molecule has 0 spiro atoms. The van der Waals surface area contributed by atoms with Crippen molar-refractivity contribution in [3.63, 3.8) is 0 Å². The number of amides is 1. The minimum absolute atomic E-state index is 0.0354. The standard InChI is InChI=1S/C21H20ClN3O3/c1-27-16-6-4-5-14(11-16)12-20(26)25(15-9-10-15)13-19-23-24-21(28-19)17-7-2-3-8-18(17)22/h2-8,11,15H,9-10,12-13H2,1H3. The van der Waals surface area contributed by atoms with Crippen molar-refractivity contribution < 1.29 is 13.9 Å². The largest absolute Gasteiger partial charge is 0.497 e. The molecule has 1 heterocycles. The first kappa shape index (κ1) is 18.5. The number of hydrogen-bond donors (Lipinski definition) is 0. The van der Waals surface area contributed by atoms with Gasteiger partial charge in [-0.15, -0.1) is 10.2 Å². The molecule has 1 amide bonds. The molecule has 4 rings (SSSR count). The Bertz CT molecular complexity index is 984. The summed E-state index contributed by atoms with van der Waals surface area (Å²) in [5.74, 6) is 1.54. The van der Waals surface area contributed by atoms with Gasteiger partial charge in [0.1, 0.15) is 5.75 Å². The fraction of sp³-hybridized carbons (Fsp3) is 0.286. The zero-order chi connectivity index (χ0) is 19.5. The summed E-state index contributed by atoms with van der Waals surface area (Å²) >= 11 is 6.20. The number of carbonyl (C=O) groups is 1. The molecule has 3 aromatic rings. The molecule has 1 saturated carbocycles. The number of nitrogens with zero attached hydrogens (tertiary/aromatic N) is 3. The zero-order valence-corrected chi connectivity index (χ0v) is 16.2. The first-order valence-electron chi connectivity index (χ1n) is 9.13. The molecule has 0 bridgehead atoms. The average Bonchev–Trinajstić information content (AvgIpc) is 3.44. The molecule has 144 valence electrons. The molecule has 0 N–H and O–H groups in total. The van der Waals surface area contributed by atoms with Gasteiger partial charge in [0.05, 0.1) is 30.7 Å². The fourth-order valence-corrected chi connectivity index (χ4v) is 3.29. The average molecular weight is 398 g/mol. The number of aromatic nitrogens is 2. The number of benzene rings is 2. The van der Waals surface area contributed by atoms with Gasteiger partial charge in [-0.3, -0.25) is 4.79 Å². The normalized spacial score (nSPS) is 13.4. The summed E-state index contributed by atoms with van der Waals surface area (Å²) in [5.41, 5.74) is 1.60. The van der Waals surface area contributed by atoms with Crippen molar-refractivity contribution in [3.05, 3.63) is 65.0 Å². The number of carbonyl (C=O) groups excluding carboxylic acids is 1. The Balaban J connectivity index is 1.48. The smallest absolute Gasteiger partial charge is 0.249 e. The lowest BCUT2D eigenvalue weighted by Gasteiger charge is -2.20. The number of ether oxygens (including phenoxy) is 1. The van der Waals surface area contributed by atoms with Crippen LogP contribution in [0.4, 0.5) is 0 Å². The van der Waals surface area contributed by atoms with E-state index < -0.39 is 0 Å². The Morgan fingerprint density at radius 2 is 2.04 bits per heavy atom. The maximum Gasteiger partial charge on any atom is 0.249 e. The van der Waals surface area contributed by atoms with Crippen molar-refractivity contribution in [1.82, 2.24) is 15.1 Å². The van der Waals surface area contributed by atoms with Crippen molar-refractivity contribution in [2.75, 3.05) is 7.11 Å². The molecule has 0 atom stereocenters. The van der Waals surface area contributed by atoms with E-state index in [9.17, 15) is 4.79 Å². The summed E-state index contributed by atoms with van der Waals surface area (Å²) in [7, 11) is 1.61. The van der Waals surface area contributed by atoms with Crippen LogP contribution in [0.25, 0.3) is 11.5 Å². The summed E-state index contributed by atoms with van der Waals surface area (Å²) in [6.07, 6.45) is 2.30. The fourth-order valence-electron chi connectivity index (χ4n) is 3.07. The quantitative estimate of drug-likeness (QED) is 0.599. The third-order valence-corrected chi connectivity index (χ3v) is 5.00. The highest BCUT2D eigenvalue weighted by atomic mass is 35.5. The molecule has 1 aliphatic carbocycles. The molecule has 0 aliphatic heterocycles. The third kappa shape index (κ3) is 4.17. The van der Waals surface area contributed by atoms with Crippen molar-refractivity contribution in [1.29, 1.82) is 0 Å². The predicted molar refractivity (Wildman–Crippen MR) is 105 cm³/mol. The van der Waals surface area contributed by atoms with Gasteiger partial charge >= 0.3 is 0 Å². The molecule has 0 unspecified atom stereocenters. The van der Waals surface area contributed by atoms with Crippen molar-refractivity contribution in [2.45, 2.75) is 31.8 Å². The Morgan fingerprint density at radius 1 is 1.21 bits per heavy atom. The van der Waals surface area contributed by atoms with E-state index in [1.807, 2.05) is 47.4 Å². The second kappa shape index (κ2) is 8.02. The highest BCUT2D eigenvalue weighted by Crippen LogP contribution is 2.30. The maximum atomic E-state index is 12.9. The summed E-state index contributed by atoms with van der Waals surface area (Å²) < 4.78 is 11.0. The van der Waals surface area contributed by atoms with Gasteiger partial charge in [-0.1, -0.05) is 35.9 Å². The topological polar surface area (TPSA) is 68.5 Å². The Morgan fingerprint density at radius 3 is 2.79 bits per heavy atom. The van der Waals surface area contributed by atoms with Crippen LogP contribution in [0, 0.1) is 0 Å². The SMILES string of the molecule is COc1cccc(CC(=O)N(Cc2nnc(-c3ccccc3Cl)o2)C2CC2)c1. The Hall–Kier alpha value is -2.86. The first-order valence-corrected chi connectivity index (χ1v) is 9.51. The molecule has 0 radical (unpaired) electrons. The van der Waals surface area contributed by atoms with Crippen LogP contribution < -0.4 is 4.74 Å². The molecule has 2 aromatic carbocycles. The van der Waals surface area contributed by atoms with E-state index >= 15 is 0 Å². The Labute approximate surface area is 168 Å². The van der Waals surface area contributed by atoms with Gasteiger partial charge in [0.2, 0.25) is 17.7 Å². The van der Waals surface area contributed by atoms with Gasteiger partial charge in [-0.05, 0) is 42.7 Å². The van der Waals surface area contributed by atoms with Crippen molar-refractivity contribution in [3.8, 4) is 17.2 Å². The van der Waals surface area contributed by atoms with Gasteiger partial charge in [0.25, 0.3) is 0 Å². The van der Waals surface area contributed by atoms with Crippen LogP contribution in [0.2, 0.25) is 5.02 Å². The van der Waals surface area contributed by atoms with Gasteiger partial charge in [-0.25, -0.2) is 0 Å². The lowest BCUT2D eigenvalue weighted by atomic mass is 10.1. The second-order valence-electron chi connectivity index (χ2n) is 6.76. The van der Waals surface area contributed by atoms with E-state index in [1.54, 1.807) is 13.2 Å². The molecule has 1 aliphatic rings. The number of halogens is 1. The van der Waals surface area contributed by atoms with Crippen LogP contribution in [-0.4, -0.2) is 34.2 Å². The third-order valence-electron chi connectivity index (χ3n) is 4.67. The van der Waals surface area contributed by atoms with Gasteiger partial charge in [0, 0.05) is 6.04 Å². The van der Waals surface area contributed by atoms with E-state index in [-0.39, 0.29) is 11.9 Å². The summed E-state index contributed by atoms with van der Waals surface area (Å²) in [6, 6.07) is 15.1. The molecule has 7 heteroatoms. The molecule has 1 fully saturated rings. The van der Waals surface area contributed by atoms with Crippen LogP contribution in [0.3, 0.4) is 0 Å². The van der Waals surface area contributed by atoms with E-state index in [0.717, 1.165) is 24.2 Å². The van der Waals surface area contributed by atoms with Crippen molar-refractivity contribution in [2.24, 2.45) is 0 Å². The monoisotopic (exact) mass is 397 g/mol. The zero-order valence-electron chi connectivity index (χ0n) is 15.5. The molecule has 28 heavy (non-hydrogen) atoms. The first-order chi connectivity index (χ1) is 13.6. The lowest BCUT2D eigenvalue weighted by molar-refractivity contribution is -0.132. The van der Waals surface area contributed by atoms with Gasteiger partial charge in [-0.2, -0.15) is 0 Å². The summed E-state index contributed by atoms with van der Waals surface area (Å²) in [4.78, 5) is 14.7. The van der Waals surface area contributed by atoms with E-state index in [2.05, 4.69) is 10.2 Å². The van der Waals surface area contributed by atoms with Crippen LogP contribution in [0.1, 0.15) is 24.3 Å². The Kier molecular flexibility index (Phi) is 5.30. The molecule has 0 saturated heterocycles. The van der Waals surface area contributed by atoms with Crippen LogP contribution in [0.5, 0.6) is 5.75 Å².